The summed E-state index contributed by atoms with van der Waals surface area (Å²) in [4.78, 5) is 12.6. The SMILES string of the molecule is Cc1cc(C2=CNC3C(NCC4CNC4)=CC(Oc4cccc(F)c4)=NN23)ccc1C(=O)NC1CC1. The van der Waals surface area contributed by atoms with Gasteiger partial charge in [-0.2, -0.15) is 0 Å². The lowest BCUT2D eigenvalue weighted by molar-refractivity contribution is 0.0950. The van der Waals surface area contributed by atoms with Gasteiger partial charge in [-0.25, -0.2) is 9.40 Å². The lowest BCUT2D eigenvalue weighted by Crippen LogP contribution is -2.50. The first-order chi connectivity index (χ1) is 17.5. The molecule has 2 aromatic rings. The van der Waals surface area contributed by atoms with Gasteiger partial charge in [0.05, 0.1) is 11.4 Å². The van der Waals surface area contributed by atoms with Crippen LogP contribution in [0.5, 0.6) is 5.75 Å². The Bertz CT molecular complexity index is 1280. The molecular formula is C27H29FN6O2. The number of aryl methyl sites for hydroxylation is 1. The van der Waals surface area contributed by atoms with Crippen molar-refractivity contribution in [3.8, 4) is 5.75 Å². The third kappa shape index (κ3) is 4.66. The summed E-state index contributed by atoms with van der Waals surface area (Å²) < 4.78 is 19.7. The van der Waals surface area contributed by atoms with Crippen LogP contribution < -0.4 is 26.0 Å². The Morgan fingerprint density at radius 1 is 1.22 bits per heavy atom. The molecule has 3 heterocycles. The Hall–Kier alpha value is -3.85. The van der Waals surface area contributed by atoms with Crippen molar-refractivity contribution in [2.24, 2.45) is 11.0 Å². The van der Waals surface area contributed by atoms with Gasteiger partial charge in [0.15, 0.2) is 6.17 Å². The average molecular weight is 489 g/mol. The molecule has 1 unspecified atom stereocenters. The van der Waals surface area contributed by atoms with Gasteiger partial charge < -0.3 is 26.0 Å². The van der Waals surface area contributed by atoms with Crippen LogP contribution in [-0.4, -0.2) is 48.7 Å². The van der Waals surface area contributed by atoms with E-state index in [4.69, 9.17) is 9.84 Å². The molecule has 0 bridgehead atoms. The molecule has 2 fully saturated rings. The zero-order valence-corrected chi connectivity index (χ0v) is 20.1. The number of fused-ring (bicyclic) bond motifs is 1. The number of hydrogen-bond donors (Lipinski definition) is 4. The molecule has 0 aromatic heterocycles. The number of nitrogens with zero attached hydrogens (tertiary/aromatic N) is 2. The summed E-state index contributed by atoms with van der Waals surface area (Å²) in [5, 5.41) is 19.9. The minimum Gasteiger partial charge on any atom is -0.437 e. The van der Waals surface area contributed by atoms with Gasteiger partial charge in [-0.3, -0.25) is 4.79 Å². The van der Waals surface area contributed by atoms with Crippen LogP contribution in [0.25, 0.3) is 5.70 Å². The highest BCUT2D eigenvalue weighted by atomic mass is 19.1. The van der Waals surface area contributed by atoms with E-state index in [0.717, 1.165) is 55.0 Å². The van der Waals surface area contributed by atoms with Crippen molar-refractivity contribution >= 4 is 17.5 Å². The van der Waals surface area contributed by atoms with Crippen LogP contribution in [0.2, 0.25) is 0 Å². The van der Waals surface area contributed by atoms with Crippen LogP contribution in [0.4, 0.5) is 4.39 Å². The fraction of sp³-hybridized carbons (Fsp3) is 0.333. The minimum atomic E-state index is -0.369. The zero-order chi connectivity index (χ0) is 24.6. The number of amides is 1. The molecule has 2 aromatic carbocycles. The van der Waals surface area contributed by atoms with Gasteiger partial charge in [0.25, 0.3) is 5.91 Å². The van der Waals surface area contributed by atoms with Crippen molar-refractivity contribution in [3.63, 3.8) is 0 Å². The standard InChI is InChI=1S/C27H29FN6O2/c1-16-9-18(5-8-22(16)27(35)32-20-6-7-20)24-15-31-26-23(30-14-17-12-29-13-17)11-25(33-34(24)26)36-21-4-2-3-19(28)10-21/h2-5,8-11,15,17,20,26,29-31H,6-7,12-14H2,1H3,(H,32,35). The first-order valence-corrected chi connectivity index (χ1v) is 12.4. The van der Waals surface area contributed by atoms with Gasteiger partial charge in [0.1, 0.15) is 11.6 Å². The number of rotatable bonds is 7. The Kier molecular flexibility index (Phi) is 5.85. The highest BCUT2D eigenvalue weighted by Gasteiger charge is 2.35. The maximum absolute atomic E-state index is 13.7. The number of carbonyl (C=O) groups is 1. The quantitative estimate of drug-likeness (QED) is 0.479. The number of carbonyl (C=O) groups excluding carboxylic acids is 1. The molecule has 1 amide bonds. The Balaban J connectivity index is 1.26. The maximum Gasteiger partial charge on any atom is 0.251 e. The molecule has 186 valence electrons. The predicted octanol–water partition coefficient (Wildman–Crippen LogP) is 2.66. The molecule has 1 atom stereocenters. The van der Waals surface area contributed by atoms with Gasteiger partial charge in [-0.05, 0) is 49.6 Å². The first-order valence-electron chi connectivity index (χ1n) is 12.4. The van der Waals surface area contributed by atoms with E-state index >= 15 is 0 Å². The molecule has 1 aliphatic carbocycles. The summed E-state index contributed by atoms with van der Waals surface area (Å²) in [5.41, 5.74) is 4.30. The number of halogens is 1. The second kappa shape index (κ2) is 9.31. The summed E-state index contributed by atoms with van der Waals surface area (Å²) in [7, 11) is 0. The van der Waals surface area contributed by atoms with Gasteiger partial charge in [0, 0.05) is 61.1 Å². The van der Waals surface area contributed by atoms with E-state index in [0.29, 0.717) is 29.2 Å². The number of nitrogens with one attached hydrogen (secondary N) is 4. The lowest BCUT2D eigenvalue weighted by atomic mass is 10.0. The molecule has 1 saturated carbocycles. The molecular weight excluding hydrogens is 459 g/mol. The summed E-state index contributed by atoms with van der Waals surface area (Å²) in [6, 6.07) is 12.2. The Morgan fingerprint density at radius 2 is 2.08 bits per heavy atom. The van der Waals surface area contributed by atoms with E-state index in [1.165, 1.54) is 12.1 Å². The number of ether oxygens (including phenoxy) is 1. The summed E-state index contributed by atoms with van der Waals surface area (Å²) in [5.74, 6) is 0.908. The summed E-state index contributed by atoms with van der Waals surface area (Å²) >= 11 is 0. The van der Waals surface area contributed by atoms with Crippen molar-refractivity contribution in [1.29, 1.82) is 0 Å². The van der Waals surface area contributed by atoms with Crippen molar-refractivity contribution in [3.05, 3.63) is 82.9 Å². The molecule has 36 heavy (non-hydrogen) atoms. The van der Waals surface area contributed by atoms with Gasteiger partial charge >= 0.3 is 0 Å². The fourth-order valence-electron chi connectivity index (χ4n) is 4.50. The predicted molar refractivity (Wildman–Crippen MR) is 135 cm³/mol. The summed E-state index contributed by atoms with van der Waals surface area (Å²) in [6.07, 6.45) is 5.68. The molecule has 0 spiro atoms. The molecule has 0 radical (unpaired) electrons. The van der Waals surface area contributed by atoms with Crippen LogP contribution in [0.1, 0.15) is 34.3 Å². The van der Waals surface area contributed by atoms with Gasteiger partial charge in [-0.15, -0.1) is 5.10 Å². The second-order valence-corrected chi connectivity index (χ2v) is 9.72. The largest absolute Gasteiger partial charge is 0.437 e. The number of hydrogen-bond acceptors (Lipinski definition) is 7. The molecule has 4 aliphatic rings. The zero-order valence-electron chi connectivity index (χ0n) is 20.1. The maximum atomic E-state index is 13.7. The number of hydrazone groups is 1. The van der Waals surface area contributed by atoms with Crippen LogP contribution in [0.15, 0.2) is 65.5 Å². The average Bonchev–Trinajstić information content (AvgIpc) is 3.53. The van der Waals surface area contributed by atoms with E-state index in [9.17, 15) is 9.18 Å². The summed E-state index contributed by atoms with van der Waals surface area (Å²) in [6.45, 7) is 4.76. The highest BCUT2D eigenvalue weighted by Crippen LogP contribution is 2.32. The van der Waals surface area contributed by atoms with Gasteiger partial charge in [0.2, 0.25) is 5.90 Å². The Labute approximate surface area is 209 Å². The molecule has 9 heteroatoms. The highest BCUT2D eigenvalue weighted by molar-refractivity contribution is 5.96. The third-order valence-electron chi connectivity index (χ3n) is 6.81. The van der Waals surface area contributed by atoms with Crippen molar-refractivity contribution < 1.29 is 13.9 Å². The van der Waals surface area contributed by atoms with E-state index in [2.05, 4.69) is 21.3 Å². The topological polar surface area (TPSA) is 90.0 Å². The molecule has 6 rings (SSSR count). The van der Waals surface area contributed by atoms with E-state index < -0.39 is 0 Å². The monoisotopic (exact) mass is 488 g/mol. The smallest absolute Gasteiger partial charge is 0.251 e. The third-order valence-corrected chi connectivity index (χ3v) is 6.81. The van der Waals surface area contributed by atoms with Crippen LogP contribution >= 0.6 is 0 Å². The van der Waals surface area contributed by atoms with E-state index in [1.807, 2.05) is 42.4 Å². The second-order valence-electron chi connectivity index (χ2n) is 9.72. The van der Waals surface area contributed by atoms with Crippen LogP contribution in [0, 0.1) is 18.7 Å². The van der Waals surface area contributed by atoms with Crippen LogP contribution in [0.3, 0.4) is 0 Å². The first kappa shape index (κ1) is 22.6. The fourth-order valence-corrected chi connectivity index (χ4v) is 4.50. The van der Waals surface area contributed by atoms with E-state index in [1.54, 1.807) is 12.1 Å². The van der Waals surface area contributed by atoms with Gasteiger partial charge in [-0.1, -0.05) is 12.1 Å². The Morgan fingerprint density at radius 3 is 2.81 bits per heavy atom. The molecule has 4 N–H and O–H groups in total. The van der Waals surface area contributed by atoms with Crippen molar-refractivity contribution in [2.45, 2.75) is 32.0 Å². The van der Waals surface area contributed by atoms with Crippen molar-refractivity contribution in [1.82, 2.24) is 26.3 Å². The minimum absolute atomic E-state index is 0.0281. The lowest BCUT2D eigenvalue weighted by Gasteiger charge is -2.33. The molecule has 3 aliphatic heterocycles. The van der Waals surface area contributed by atoms with Crippen LogP contribution in [-0.2, 0) is 0 Å². The van der Waals surface area contributed by atoms with E-state index in [-0.39, 0.29) is 17.9 Å². The normalized spacial score (nSPS) is 20.9. The molecule has 1 saturated heterocycles. The number of benzene rings is 2. The van der Waals surface area contributed by atoms with Crippen molar-refractivity contribution in [2.75, 3.05) is 19.6 Å². The molecule has 8 nitrogen and oxygen atoms in total.